The number of hydrogen-bond donors (Lipinski definition) is 2. The molecule has 140 valence electrons. The molecule has 2 rings (SSSR count). The minimum atomic E-state index is -0.502. The predicted molar refractivity (Wildman–Crippen MR) is 101 cm³/mol. The first kappa shape index (κ1) is 19.8. The molecule has 0 radical (unpaired) electrons. The zero-order chi connectivity index (χ0) is 18.5. The molecule has 2 N–H and O–H groups in total. The topological polar surface area (TPSA) is 58.6 Å². The molecule has 0 spiro atoms. The van der Waals surface area contributed by atoms with Crippen LogP contribution in [0, 0.1) is 5.41 Å². The van der Waals surface area contributed by atoms with Gasteiger partial charge in [-0.15, -0.1) is 0 Å². The minimum Gasteiger partial charge on any atom is -0.444 e. The minimum absolute atomic E-state index is 0.0355. The van der Waals surface area contributed by atoms with Crippen LogP contribution in [0.15, 0.2) is 30.3 Å². The standard InChI is InChI=1S/C21H33NO3/c1-5-18(22-19(24)25-20(2,3)4)21(13-11-17(23)12-14-21)15-16-9-7-6-8-10-16/h6-10,17-18,23H,5,11-15H2,1-4H3,(H,22,24). The number of aliphatic hydroxyl groups is 1. The van der Waals surface area contributed by atoms with Crippen molar-refractivity contribution in [1.82, 2.24) is 5.32 Å². The first-order chi connectivity index (χ1) is 11.7. The highest BCUT2D eigenvalue weighted by molar-refractivity contribution is 5.68. The molecule has 1 aromatic carbocycles. The van der Waals surface area contributed by atoms with Crippen LogP contribution in [-0.2, 0) is 11.2 Å². The van der Waals surface area contributed by atoms with Crippen LogP contribution in [0.2, 0.25) is 0 Å². The molecule has 25 heavy (non-hydrogen) atoms. The number of carbonyl (C=O) groups excluding carboxylic acids is 1. The van der Waals surface area contributed by atoms with Gasteiger partial charge in [-0.3, -0.25) is 0 Å². The van der Waals surface area contributed by atoms with Crippen molar-refractivity contribution in [3.8, 4) is 0 Å². The largest absolute Gasteiger partial charge is 0.444 e. The van der Waals surface area contributed by atoms with Gasteiger partial charge in [-0.1, -0.05) is 37.3 Å². The molecule has 1 aliphatic rings. The Hall–Kier alpha value is -1.55. The Bertz CT molecular complexity index is 542. The number of benzene rings is 1. The number of ether oxygens (including phenoxy) is 1. The maximum absolute atomic E-state index is 12.3. The third-order valence-electron chi connectivity index (χ3n) is 5.19. The summed E-state index contributed by atoms with van der Waals surface area (Å²) in [4.78, 5) is 12.3. The van der Waals surface area contributed by atoms with Crippen molar-refractivity contribution in [3.63, 3.8) is 0 Å². The Morgan fingerprint density at radius 1 is 1.28 bits per heavy atom. The van der Waals surface area contributed by atoms with E-state index in [1.54, 1.807) is 0 Å². The summed E-state index contributed by atoms with van der Waals surface area (Å²) in [5.41, 5.74) is 0.743. The zero-order valence-corrected chi connectivity index (χ0v) is 16.0. The van der Waals surface area contributed by atoms with Crippen LogP contribution in [-0.4, -0.2) is 28.9 Å². The highest BCUT2D eigenvalue weighted by atomic mass is 16.6. The van der Waals surface area contributed by atoms with Crippen molar-refractivity contribution in [3.05, 3.63) is 35.9 Å². The molecule has 1 amide bonds. The number of amides is 1. The smallest absolute Gasteiger partial charge is 0.407 e. The number of hydrogen-bond acceptors (Lipinski definition) is 3. The lowest BCUT2D eigenvalue weighted by Crippen LogP contribution is -2.51. The number of rotatable bonds is 5. The van der Waals surface area contributed by atoms with Crippen molar-refractivity contribution in [2.75, 3.05) is 0 Å². The summed E-state index contributed by atoms with van der Waals surface area (Å²) in [7, 11) is 0. The van der Waals surface area contributed by atoms with Gasteiger partial charge in [0, 0.05) is 6.04 Å². The van der Waals surface area contributed by atoms with Gasteiger partial charge in [0.2, 0.25) is 0 Å². The fourth-order valence-electron chi connectivity index (χ4n) is 3.97. The summed E-state index contributed by atoms with van der Waals surface area (Å²) in [6.45, 7) is 7.75. The van der Waals surface area contributed by atoms with Gasteiger partial charge in [-0.25, -0.2) is 4.79 Å². The van der Waals surface area contributed by atoms with Crippen LogP contribution >= 0.6 is 0 Å². The number of aliphatic hydroxyl groups excluding tert-OH is 1. The Labute approximate surface area is 152 Å². The van der Waals surface area contributed by atoms with Gasteiger partial charge < -0.3 is 15.2 Å². The van der Waals surface area contributed by atoms with E-state index in [-0.39, 0.29) is 23.7 Å². The molecule has 1 saturated carbocycles. The van der Waals surface area contributed by atoms with E-state index in [1.165, 1.54) is 5.56 Å². The molecule has 1 atom stereocenters. The Morgan fingerprint density at radius 2 is 1.88 bits per heavy atom. The van der Waals surface area contributed by atoms with Crippen LogP contribution in [0.1, 0.15) is 65.4 Å². The third-order valence-corrected chi connectivity index (χ3v) is 5.19. The Kier molecular flexibility index (Phi) is 6.50. The van der Waals surface area contributed by atoms with Gasteiger partial charge in [-0.2, -0.15) is 0 Å². The molecule has 1 unspecified atom stereocenters. The highest BCUT2D eigenvalue weighted by Crippen LogP contribution is 2.43. The van der Waals surface area contributed by atoms with E-state index >= 15 is 0 Å². The normalized spacial score (nSPS) is 25.2. The molecule has 4 heteroatoms. The summed E-state index contributed by atoms with van der Waals surface area (Å²) in [6.07, 6.45) is 4.60. The second kappa shape index (κ2) is 8.22. The van der Waals surface area contributed by atoms with Gasteiger partial charge in [0.25, 0.3) is 0 Å². The second-order valence-corrected chi connectivity index (χ2v) is 8.36. The van der Waals surface area contributed by atoms with Gasteiger partial charge in [0.1, 0.15) is 5.60 Å². The van der Waals surface area contributed by atoms with Crippen molar-refractivity contribution in [2.45, 2.75) is 84.0 Å². The Morgan fingerprint density at radius 3 is 2.40 bits per heavy atom. The summed E-state index contributed by atoms with van der Waals surface area (Å²) in [5, 5.41) is 13.1. The summed E-state index contributed by atoms with van der Waals surface area (Å²) in [6, 6.07) is 10.5. The van der Waals surface area contributed by atoms with Crippen LogP contribution in [0.25, 0.3) is 0 Å². The van der Waals surface area contributed by atoms with E-state index in [0.29, 0.717) is 0 Å². The van der Waals surface area contributed by atoms with E-state index in [9.17, 15) is 9.90 Å². The lowest BCUT2D eigenvalue weighted by atomic mass is 9.64. The van der Waals surface area contributed by atoms with Crippen LogP contribution in [0.3, 0.4) is 0 Å². The summed E-state index contributed by atoms with van der Waals surface area (Å²) in [5.74, 6) is 0. The van der Waals surface area contributed by atoms with Crippen molar-refractivity contribution < 1.29 is 14.6 Å². The average Bonchev–Trinajstić information content (AvgIpc) is 2.54. The number of nitrogens with one attached hydrogen (secondary N) is 1. The van der Waals surface area contributed by atoms with E-state index in [0.717, 1.165) is 38.5 Å². The van der Waals surface area contributed by atoms with Crippen molar-refractivity contribution in [2.24, 2.45) is 5.41 Å². The first-order valence-electron chi connectivity index (χ1n) is 9.45. The molecule has 0 aliphatic heterocycles. The average molecular weight is 347 g/mol. The molecule has 0 heterocycles. The predicted octanol–water partition coefficient (Wildman–Crippen LogP) is 4.45. The first-order valence-corrected chi connectivity index (χ1v) is 9.45. The van der Waals surface area contributed by atoms with E-state index in [4.69, 9.17) is 4.74 Å². The molecular formula is C21H33NO3. The number of carbonyl (C=O) groups is 1. The van der Waals surface area contributed by atoms with Gasteiger partial charge >= 0.3 is 6.09 Å². The SMILES string of the molecule is CCC(NC(=O)OC(C)(C)C)C1(Cc2ccccc2)CCC(O)CC1. The summed E-state index contributed by atoms with van der Waals surface area (Å²) >= 11 is 0. The molecule has 1 aliphatic carbocycles. The summed E-state index contributed by atoms with van der Waals surface area (Å²) < 4.78 is 5.48. The molecule has 0 aromatic heterocycles. The van der Waals surface area contributed by atoms with Gasteiger partial charge in [-0.05, 0) is 70.3 Å². The molecule has 4 nitrogen and oxygen atoms in total. The van der Waals surface area contributed by atoms with Crippen LogP contribution < -0.4 is 5.32 Å². The van der Waals surface area contributed by atoms with E-state index < -0.39 is 5.60 Å². The van der Waals surface area contributed by atoms with Crippen molar-refractivity contribution >= 4 is 6.09 Å². The monoisotopic (exact) mass is 347 g/mol. The molecule has 1 aromatic rings. The maximum atomic E-state index is 12.3. The number of alkyl carbamates (subject to hydrolysis) is 1. The molecular weight excluding hydrogens is 314 g/mol. The second-order valence-electron chi connectivity index (χ2n) is 8.36. The zero-order valence-electron chi connectivity index (χ0n) is 16.0. The van der Waals surface area contributed by atoms with Crippen LogP contribution in [0.5, 0.6) is 0 Å². The fourth-order valence-corrected chi connectivity index (χ4v) is 3.97. The maximum Gasteiger partial charge on any atom is 0.407 e. The Balaban J connectivity index is 2.18. The molecule has 0 bridgehead atoms. The van der Waals surface area contributed by atoms with E-state index in [1.807, 2.05) is 26.8 Å². The highest BCUT2D eigenvalue weighted by Gasteiger charge is 2.42. The lowest BCUT2D eigenvalue weighted by Gasteiger charge is -2.45. The fraction of sp³-hybridized carbons (Fsp3) is 0.667. The third kappa shape index (κ3) is 5.74. The molecule has 1 fully saturated rings. The quantitative estimate of drug-likeness (QED) is 0.827. The van der Waals surface area contributed by atoms with Crippen molar-refractivity contribution in [1.29, 1.82) is 0 Å². The van der Waals surface area contributed by atoms with E-state index in [2.05, 4.69) is 36.5 Å². The molecule has 0 saturated heterocycles. The van der Waals surface area contributed by atoms with Crippen LogP contribution in [0.4, 0.5) is 4.79 Å². The lowest BCUT2D eigenvalue weighted by molar-refractivity contribution is 0.0210. The van der Waals surface area contributed by atoms with Gasteiger partial charge in [0.05, 0.1) is 6.10 Å². The van der Waals surface area contributed by atoms with Gasteiger partial charge in [0.15, 0.2) is 0 Å².